The fourth-order valence-corrected chi connectivity index (χ4v) is 8.60. The average molecular weight is 871 g/mol. The van der Waals surface area contributed by atoms with Gasteiger partial charge in [-0.3, -0.25) is 24.1 Å². The largest absolute Gasteiger partial charge is 0.481 e. The number of hydrogen-bond donors (Lipinski definition) is 5. The quantitative estimate of drug-likeness (QED) is 0.0689. The number of amides is 4. The molecule has 2 heterocycles. The number of likely N-dealkylation sites (N-methyl/N-ethyl adjacent to an activating group) is 1. The third kappa shape index (κ3) is 17.3. The first-order valence-corrected chi connectivity index (χ1v) is 23.2. The number of aliphatic carboxylic acids is 1. The van der Waals surface area contributed by atoms with Gasteiger partial charge >= 0.3 is 12.1 Å². The number of nitrogens with zero attached hydrogens (tertiary/aromatic N) is 3. The number of aliphatic hydroxyl groups is 1. The fourth-order valence-electron chi connectivity index (χ4n) is 7.80. The van der Waals surface area contributed by atoms with Crippen molar-refractivity contribution >= 4 is 41.1 Å². The van der Waals surface area contributed by atoms with Gasteiger partial charge in [0, 0.05) is 37.5 Å². The van der Waals surface area contributed by atoms with Gasteiger partial charge in [-0.2, -0.15) is 0 Å². The van der Waals surface area contributed by atoms with Crippen molar-refractivity contribution in [3.05, 3.63) is 52.0 Å². The zero-order valence-corrected chi connectivity index (χ0v) is 38.9. The molecular weight excluding hydrogens is 797 g/mol. The number of ether oxygens (including phenoxy) is 1. The standard InChI is InChI=1S/C46H74N6O8S/c1-10-31(4)39(50-41(55)36-22-16-19-25-52(36)24-18-12-11-17-23-47-45(59)60-46(6,7)8)43(56)51(9)37(30(2)3)28-38(53)42-49-35(29-61-42)40(54)48-34(26-32(5)44(57)58)27-33-20-14-13-15-21-33/h13-15,20-21,29-32,34,36-39,53H,10-12,16-19,22-28H2,1-9H3,(H,47,59)(H,48,54)(H,50,55)(H,57,58)/t31-,32-,34+,36?,37+,38+,39-/m0/s1. The lowest BCUT2D eigenvalue weighted by molar-refractivity contribution is -0.141. The van der Waals surface area contributed by atoms with Crippen molar-refractivity contribution in [1.82, 2.24) is 30.7 Å². The van der Waals surface area contributed by atoms with Gasteiger partial charge in [0.2, 0.25) is 11.8 Å². The topological polar surface area (TPSA) is 190 Å². The van der Waals surface area contributed by atoms with Gasteiger partial charge in [-0.25, -0.2) is 9.78 Å². The van der Waals surface area contributed by atoms with Crippen LogP contribution in [0.15, 0.2) is 35.7 Å². The summed E-state index contributed by atoms with van der Waals surface area (Å²) in [6.07, 6.45) is 6.47. The van der Waals surface area contributed by atoms with E-state index in [2.05, 4.69) is 25.8 Å². The van der Waals surface area contributed by atoms with E-state index in [1.54, 1.807) is 24.3 Å². The number of rotatable bonds is 24. The Hall–Kier alpha value is -4.08. The number of carboxylic acid groups (broad SMARTS) is 1. The number of carbonyl (C=O) groups is 5. The number of aliphatic hydroxyl groups excluding tert-OH is 1. The van der Waals surface area contributed by atoms with Crippen LogP contribution in [0.3, 0.4) is 0 Å². The number of carboxylic acids is 1. The first-order valence-electron chi connectivity index (χ1n) is 22.3. The highest BCUT2D eigenvalue weighted by molar-refractivity contribution is 7.09. The van der Waals surface area contributed by atoms with Crippen LogP contribution in [0.5, 0.6) is 0 Å². The van der Waals surface area contributed by atoms with Crippen molar-refractivity contribution < 1.29 is 38.9 Å². The molecule has 1 aromatic heterocycles. The van der Waals surface area contributed by atoms with Gasteiger partial charge in [0.1, 0.15) is 28.4 Å². The molecule has 1 fully saturated rings. The normalized spacial score (nSPS) is 17.7. The second-order valence-corrected chi connectivity index (χ2v) is 19.1. The SMILES string of the molecule is CC[C@H](C)[C@H](NC(=O)C1CCCCN1CCCCCCNC(=O)OC(C)(C)C)C(=O)N(C)[C@H](C[C@@H](O)c1nc(C(=O)N[C@@H](Cc2ccccc2)C[C@H](C)C(=O)O)cs1)C(C)C. The maximum absolute atomic E-state index is 14.3. The molecule has 2 aromatic rings. The molecule has 342 valence electrons. The van der Waals surface area contributed by atoms with Gasteiger partial charge in [0.25, 0.3) is 5.91 Å². The second-order valence-electron chi connectivity index (χ2n) is 18.2. The highest BCUT2D eigenvalue weighted by Crippen LogP contribution is 2.28. The lowest BCUT2D eigenvalue weighted by atomic mass is 9.92. The summed E-state index contributed by atoms with van der Waals surface area (Å²) in [4.78, 5) is 73.7. The fraction of sp³-hybridized carbons (Fsp3) is 0.696. The first-order chi connectivity index (χ1) is 28.8. The Balaban J connectivity index is 1.61. The summed E-state index contributed by atoms with van der Waals surface area (Å²) in [7, 11) is 1.73. The van der Waals surface area contributed by atoms with E-state index in [9.17, 15) is 34.2 Å². The van der Waals surface area contributed by atoms with E-state index in [0.717, 1.165) is 74.9 Å². The summed E-state index contributed by atoms with van der Waals surface area (Å²) in [6, 6.07) is 7.65. The molecule has 4 amide bonds. The van der Waals surface area contributed by atoms with E-state index in [0.29, 0.717) is 24.4 Å². The molecular formula is C46H74N6O8S. The summed E-state index contributed by atoms with van der Waals surface area (Å²) in [5.74, 6) is -2.58. The van der Waals surface area contributed by atoms with Crippen LogP contribution < -0.4 is 16.0 Å². The van der Waals surface area contributed by atoms with Crippen LogP contribution in [0, 0.1) is 17.8 Å². The molecule has 61 heavy (non-hydrogen) atoms. The van der Waals surface area contributed by atoms with E-state index >= 15 is 0 Å². The molecule has 1 saturated heterocycles. The van der Waals surface area contributed by atoms with Crippen molar-refractivity contribution in [2.24, 2.45) is 17.8 Å². The molecule has 0 saturated carbocycles. The van der Waals surface area contributed by atoms with Crippen molar-refractivity contribution in [2.75, 3.05) is 26.7 Å². The molecule has 3 rings (SSSR count). The Morgan fingerprint density at radius 1 is 0.984 bits per heavy atom. The molecule has 0 radical (unpaired) electrons. The maximum Gasteiger partial charge on any atom is 0.407 e. The monoisotopic (exact) mass is 871 g/mol. The van der Waals surface area contributed by atoms with E-state index in [-0.39, 0.29) is 48.2 Å². The molecule has 1 aliphatic heterocycles. The molecule has 1 aromatic carbocycles. The molecule has 5 N–H and O–H groups in total. The van der Waals surface area contributed by atoms with E-state index in [4.69, 9.17) is 4.74 Å². The first kappa shape index (κ1) is 51.3. The number of benzene rings is 1. The summed E-state index contributed by atoms with van der Waals surface area (Å²) in [5.41, 5.74) is 0.573. The number of unbranched alkanes of at least 4 members (excludes halogenated alkanes) is 3. The van der Waals surface area contributed by atoms with Crippen LogP contribution >= 0.6 is 11.3 Å². The van der Waals surface area contributed by atoms with Crippen molar-refractivity contribution in [3.8, 4) is 0 Å². The number of piperidine rings is 1. The number of likely N-dealkylation sites (tertiary alicyclic amines) is 1. The number of nitrogens with one attached hydrogen (secondary N) is 3. The lowest BCUT2D eigenvalue weighted by Gasteiger charge is -2.38. The van der Waals surface area contributed by atoms with E-state index in [1.165, 1.54) is 0 Å². The van der Waals surface area contributed by atoms with Crippen molar-refractivity contribution in [1.29, 1.82) is 0 Å². The number of aromatic nitrogens is 1. The second kappa shape index (κ2) is 25.1. The summed E-state index contributed by atoms with van der Waals surface area (Å²) < 4.78 is 5.30. The molecule has 0 bridgehead atoms. The molecule has 7 atom stereocenters. The smallest absolute Gasteiger partial charge is 0.407 e. The number of alkyl carbamates (subject to hydrolysis) is 1. The van der Waals surface area contributed by atoms with Gasteiger partial charge in [-0.15, -0.1) is 11.3 Å². The summed E-state index contributed by atoms with van der Waals surface area (Å²) in [6.45, 7) is 17.2. The highest BCUT2D eigenvalue weighted by Gasteiger charge is 2.37. The van der Waals surface area contributed by atoms with Crippen LogP contribution in [0.1, 0.15) is 147 Å². The number of carbonyl (C=O) groups excluding carboxylic acids is 4. The highest BCUT2D eigenvalue weighted by atomic mass is 32.1. The number of hydrogen-bond acceptors (Lipinski definition) is 10. The minimum Gasteiger partial charge on any atom is -0.481 e. The Bertz CT molecular complexity index is 1680. The average Bonchev–Trinajstić information content (AvgIpc) is 3.71. The molecule has 15 heteroatoms. The predicted molar refractivity (Wildman–Crippen MR) is 239 cm³/mol. The Labute approximate surface area is 368 Å². The molecule has 14 nitrogen and oxygen atoms in total. The third-order valence-corrected chi connectivity index (χ3v) is 12.5. The molecule has 1 aliphatic rings. The third-order valence-electron chi connectivity index (χ3n) is 11.6. The number of thiazole rings is 1. The van der Waals surface area contributed by atoms with Crippen molar-refractivity contribution in [2.45, 2.75) is 162 Å². The molecule has 0 spiro atoms. The zero-order chi connectivity index (χ0) is 45.3. The van der Waals surface area contributed by atoms with Gasteiger partial charge < -0.3 is 35.8 Å². The Morgan fingerprint density at radius 3 is 2.31 bits per heavy atom. The van der Waals surface area contributed by atoms with Gasteiger partial charge in [-0.1, -0.05) is 90.6 Å². The summed E-state index contributed by atoms with van der Waals surface area (Å²) in [5, 5.41) is 31.9. The van der Waals surface area contributed by atoms with Gasteiger partial charge in [0.15, 0.2) is 0 Å². The maximum atomic E-state index is 14.3. The Morgan fingerprint density at radius 2 is 1.67 bits per heavy atom. The molecule has 1 unspecified atom stereocenters. The Kier molecular flexibility index (Phi) is 21.1. The van der Waals surface area contributed by atoms with E-state index in [1.807, 2.05) is 78.8 Å². The minimum absolute atomic E-state index is 0.0449. The van der Waals surface area contributed by atoms with Crippen LogP contribution in [0.2, 0.25) is 0 Å². The van der Waals surface area contributed by atoms with Crippen LogP contribution in [-0.2, 0) is 25.5 Å². The minimum atomic E-state index is -1.06. The van der Waals surface area contributed by atoms with Gasteiger partial charge in [0.05, 0.1) is 12.0 Å². The van der Waals surface area contributed by atoms with Crippen molar-refractivity contribution in [3.63, 3.8) is 0 Å². The lowest BCUT2D eigenvalue weighted by Crippen LogP contribution is -2.58. The van der Waals surface area contributed by atoms with Crippen LogP contribution in [0.25, 0.3) is 0 Å². The summed E-state index contributed by atoms with van der Waals surface area (Å²) >= 11 is 1.16. The predicted octanol–water partition coefficient (Wildman–Crippen LogP) is 6.97. The van der Waals surface area contributed by atoms with Crippen LogP contribution in [-0.4, -0.2) is 111 Å². The van der Waals surface area contributed by atoms with E-state index < -0.39 is 53.7 Å². The zero-order valence-electron chi connectivity index (χ0n) is 38.1. The van der Waals surface area contributed by atoms with Crippen LogP contribution in [0.4, 0.5) is 4.79 Å². The molecule has 0 aliphatic carbocycles. The van der Waals surface area contributed by atoms with Gasteiger partial charge in [-0.05, 0) is 89.8 Å².